The maximum Gasteiger partial charge on any atom is 0.261 e. The first-order chi connectivity index (χ1) is 10.8. The second-order valence-electron chi connectivity index (χ2n) is 5.63. The first-order valence-corrected chi connectivity index (χ1v) is 8.76. The molecule has 0 atom stereocenters. The Hall–Kier alpha value is -2.34. The van der Waals surface area contributed by atoms with Gasteiger partial charge in [0.05, 0.1) is 4.90 Å². The van der Waals surface area contributed by atoms with Crippen molar-refractivity contribution < 1.29 is 13.2 Å². The molecule has 0 bridgehead atoms. The number of rotatable bonds is 5. The SMILES string of the molecule is Cc1cccc(NS(=O)(=O)c2cccc(C(=O)NC(C)C)c2)c1. The van der Waals surface area contributed by atoms with Gasteiger partial charge in [-0.05, 0) is 56.7 Å². The summed E-state index contributed by atoms with van der Waals surface area (Å²) in [4.78, 5) is 12.1. The van der Waals surface area contributed by atoms with Gasteiger partial charge in [-0.15, -0.1) is 0 Å². The fraction of sp³-hybridized carbons (Fsp3) is 0.235. The second kappa shape index (κ2) is 6.83. The van der Waals surface area contributed by atoms with Crippen LogP contribution in [0.4, 0.5) is 5.69 Å². The number of hydrogen-bond donors (Lipinski definition) is 2. The van der Waals surface area contributed by atoms with E-state index < -0.39 is 10.0 Å². The zero-order chi connectivity index (χ0) is 17.0. The van der Waals surface area contributed by atoms with Crippen molar-refractivity contribution in [2.75, 3.05) is 4.72 Å². The smallest absolute Gasteiger partial charge is 0.261 e. The maximum absolute atomic E-state index is 12.5. The van der Waals surface area contributed by atoms with Crippen molar-refractivity contribution in [1.29, 1.82) is 0 Å². The molecule has 5 nitrogen and oxygen atoms in total. The van der Waals surface area contributed by atoms with E-state index in [4.69, 9.17) is 0 Å². The van der Waals surface area contributed by atoms with Gasteiger partial charge < -0.3 is 5.32 Å². The number of anilines is 1. The highest BCUT2D eigenvalue weighted by Gasteiger charge is 2.16. The highest BCUT2D eigenvalue weighted by Crippen LogP contribution is 2.18. The molecule has 0 saturated carbocycles. The number of carbonyl (C=O) groups excluding carboxylic acids is 1. The van der Waals surface area contributed by atoms with Crippen LogP contribution < -0.4 is 10.0 Å². The summed E-state index contributed by atoms with van der Waals surface area (Å²) in [7, 11) is -3.74. The van der Waals surface area contributed by atoms with Crippen molar-refractivity contribution in [3.8, 4) is 0 Å². The maximum atomic E-state index is 12.5. The molecule has 6 heteroatoms. The third-order valence-electron chi connectivity index (χ3n) is 3.10. The lowest BCUT2D eigenvalue weighted by Crippen LogP contribution is -2.30. The van der Waals surface area contributed by atoms with E-state index in [0.29, 0.717) is 11.3 Å². The summed E-state index contributed by atoms with van der Waals surface area (Å²) in [5.74, 6) is -0.299. The van der Waals surface area contributed by atoms with Crippen LogP contribution in [0.5, 0.6) is 0 Å². The van der Waals surface area contributed by atoms with Gasteiger partial charge in [-0.25, -0.2) is 8.42 Å². The van der Waals surface area contributed by atoms with Crippen LogP contribution in [0.1, 0.15) is 29.8 Å². The summed E-state index contributed by atoms with van der Waals surface area (Å²) >= 11 is 0. The predicted octanol–water partition coefficient (Wildman–Crippen LogP) is 2.93. The normalized spacial score (nSPS) is 11.3. The number of amides is 1. The summed E-state index contributed by atoms with van der Waals surface area (Å²) < 4.78 is 27.5. The van der Waals surface area contributed by atoms with E-state index in [0.717, 1.165) is 5.56 Å². The Labute approximate surface area is 136 Å². The predicted molar refractivity (Wildman–Crippen MR) is 91.0 cm³/mol. The molecule has 0 aliphatic rings. The van der Waals surface area contributed by atoms with E-state index >= 15 is 0 Å². The van der Waals surface area contributed by atoms with Gasteiger partial charge in [0, 0.05) is 17.3 Å². The van der Waals surface area contributed by atoms with Gasteiger partial charge >= 0.3 is 0 Å². The number of aryl methyl sites for hydroxylation is 1. The Balaban J connectivity index is 2.28. The summed E-state index contributed by atoms with van der Waals surface area (Å²) in [5, 5.41) is 2.74. The number of sulfonamides is 1. The van der Waals surface area contributed by atoms with Crippen LogP contribution in [0.25, 0.3) is 0 Å². The van der Waals surface area contributed by atoms with Crippen molar-refractivity contribution >= 4 is 21.6 Å². The molecule has 0 saturated heterocycles. The minimum absolute atomic E-state index is 0.0202. The van der Waals surface area contributed by atoms with E-state index in [1.807, 2.05) is 26.8 Å². The zero-order valence-electron chi connectivity index (χ0n) is 13.3. The van der Waals surface area contributed by atoms with Gasteiger partial charge in [0.25, 0.3) is 15.9 Å². The molecule has 23 heavy (non-hydrogen) atoms. The number of hydrogen-bond acceptors (Lipinski definition) is 3. The van der Waals surface area contributed by atoms with Gasteiger partial charge in [0.15, 0.2) is 0 Å². The van der Waals surface area contributed by atoms with Crippen molar-refractivity contribution in [3.05, 3.63) is 59.7 Å². The summed E-state index contributed by atoms with van der Waals surface area (Å²) in [6.07, 6.45) is 0. The average molecular weight is 332 g/mol. The quantitative estimate of drug-likeness (QED) is 0.884. The van der Waals surface area contributed by atoms with Gasteiger partial charge in [0.1, 0.15) is 0 Å². The van der Waals surface area contributed by atoms with Gasteiger partial charge in [-0.3, -0.25) is 9.52 Å². The van der Waals surface area contributed by atoms with E-state index in [1.54, 1.807) is 30.3 Å². The first kappa shape index (κ1) is 17.0. The summed E-state index contributed by atoms with van der Waals surface area (Å²) in [6.45, 7) is 5.57. The molecule has 0 heterocycles. The lowest BCUT2D eigenvalue weighted by atomic mass is 10.2. The third kappa shape index (κ3) is 4.56. The van der Waals surface area contributed by atoms with Crippen LogP contribution in [-0.2, 0) is 10.0 Å². The zero-order valence-corrected chi connectivity index (χ0v) is 14.1. The van der Waals surface area contributed by atoms with Crippen LogP contribution in [0.2, 0.25) is 0 Å². The number of carbonyl (C=O) groups is 1. The molecule has 2 aromatic rings. The molecule has 1 amide bonds. The van der Waals surface area contributed by atoms with Crippen LogP contribution in [-0.4, -0.2) is 20.4 Å². The van der Waals surface area contributed by atoms with Gasteiger partial charge in [-0.2, -0.15) is 0 Å². The summed E-state index contributed by atoms with van der Waals surface area (Å²) in [6, 6.07) is 13.0. The molecule has 0 spiro atoms. The Morgan fingerprint density at radius 2 is 1.74 bits per heavy atom. The average Bonchev–Trinajstić information content (AvgIpc) is 2.46. The van der Waals surface area contributed by atoms with Crippen LogP contribution >= 0.6 is 0 Å². The molecular weight excluding hydrogens is 312 g/mol. The molecule has 0 aromatic heterocycles. The molecule has 0 aliphatic carbocycles. The molecule has 2 aromatic carbocycles. The fourth-order valence-corrected chi connectivity index (χ4v) is 3.17. The molecule has 122 valence electrons. The minimum Gasteiger partial charge on any atom is -0.350 e. The molecule has 0 radical (unpaired) electrons. The Morgan fingerprint density at radius 1 is 1.04 bits per heavy atom. The van der Waals surface area contributed by atoms with Gasteiger partial charge in [0.2, 0.25) is 0 Å². The Kier molecular flexibility index (Phi) is 5.05. The third-order valence-corrected chi connectivity index (χ3v) is 4.48. The minimum atomic E-state index is -3.74. The largest absolute Gasteiger partial charge is 0.350 e. The van der Waals surface area contributed by atoms with E-state index in [-0.39, 0.29) is 16.8 Å². The van der Waals surface area contributed by atoms with Crippen molar-refractivity contribution in [3.63, 3.8) is 0 Å². The fourth-order valence-electron chi connectivity index (χ4n) is 2.07. The van der Waals surface area contributed by atoms with Crippen LogP contribution in [0, 0.1) is 6.92 Å². The highest BCUT2D eigenvalue weighted by molar-refractivity contribution is 7.92. The molecular formula is C17H20N2O3S. The van der Waals surface area contributed by atoms with Crippen LogP contribution in [0.3, 0.4) is 0 Å². The molecule has 2 rings (SSSR count). The Morgan fingerprint density at radius 3 is 2.39 bits per heavy atom. The van der Waals surface area contributed by atoms with E-state index in [9.17, 15) is 13.2 Å². The van der Waals surface area contributed by atoms with Crippen molar-refractivity contribution in [2.24, 2.45) is 0 Å². The molecule has 0 aliphatic heterocycles. The summed E-state index contributed by atoms with van der Waals surface area (Å²) in [5.41, 5.74) is 1.75. The second-order valence-corrected chi connectivity index (χ2v) is 7.31. The van der Waals surface area contributed by atoms with Crippen molar-refractivity contribution in [2.45, 2.75) is 31.7 Å². The number of nitrogens with one attached hydrogen (secondary N) is 2. The lowest BCUT2D eigenvalue weighted by Gasteiger charge is -2.11. The monoisotopic (exact) mass is 332 g/mol. The molecule has 2 N–H and O–H groups in total. The molecule has 0 unspecified atom stereocenters. The van der Waals surface area contributed by atoms with Gasteiger partial charge in [-0.1, -0.05) is 18.2 Å². The Bertz CT molecular complexity index is 814. The first-order valence-electron chi connectivity index (χ1n) is 7.28. The number of benzene rings is 2. The van der Waals surface area contributed by atoms with E-state index in [1.165, 1.54) is 12.1 Å². The standard InChI is InChI=1S/C17H20N2O3S/c1-12(2)18-17(20)14-7-5-9-16(11-14)23(21,22)19-15-8-4-6-13(3)10-15/h4-12,19H,1-3H3,(H,18,20). The lowest BCUT2D eigenvalue weighted by molar-refractivity contribution is 0.0943. The van der Waals surface area contributed by atoms with Crippen molar-refractivity contribution in [1.82, 2.24) is 5.32 Å². The van der Waals surface area contributed by atoms with Crippen LogP contribution in [0.15, 0.2) is 53.4 Å². The highest BCUT2D eigenvalue weighted by atomic mass is 32.2. The molecule has 0 fully saturated rings. The van der Waals surface area contributed by atoms with E-state index in [2.05, 4.69) is 10.0 Å². The topological polar surface area (TPSA) is 75.3 Å².